The lowest BCUT2D eigenvalue weighted by molar-refractivity contribution is -0.140. The van der Waals surface area contributed by atoms with Crippen LogP contribution in [0.1, 0.15) is 39.5 Å². The molecule has 1 N–H and O–H groups in total. The third-order valence-corrected chi connectivity index (χ3v) is 4.42. The Labute approximate surface area is 110 Å². The zero-order valence-electron chi connectivity index (χ0n) is 11.6. The third kappa shape index (κ3) is 9.41. The van der Waals surface area contributed by atoms with Gasteiger partial charge in [-0.2, -0.15) is 0 Å². The number of hydrogen-bond acceptors (Lipinski definition) is 5. The number of methoxy groups -OCH3 is 1. The number of hydrogen-bond donors (Lipinski definition) is 1. The predicted molar refractivity (Wildman–Crippen MR) is 72.3 cm³/mol. The van der Waals surface area contributed by atoms with Gasteiger partial charge in [-0.1, -0.05) is 6.92 Å². The first-order valence-electron chi connectivity index (χ1n) is 6.42. The number of nitrogens with one attached hydrogen (secondary N) is 1. The number of sulfone groups is 1. The molecule has 0 radical (unpaired) electrons. The minimum absolute atomic E-state index is 0.0531. The Balaban J connectivity index is 3.80. The maximum Gasteiger partial charge on any atom is 0.306 e. The summed E-state index contributed by atoms with van der Waals surface area (Å²) in [6.45, 7) is 5.10. The van der Waals surface area contributed by atoms with E-state index in [0.29, 0.717) is 12.5 Å². The van der Waals surface area contributed by atoms with E-state index in [9.17, 15) is 13.2 Å². The fourth-order valence-electron chi connectivity index (χ4n) is 1.55. The lowest BCUT2D eigenvalue weighted by Gasteiger charge is -2.12. The molecule has 1 atom stereocenters. The topological polar surface area (TPSA) is 72.5 Å². The van der Waals surface area contributed by atoms with E-state index in [2.05, 4.69) is 23.9 Å². The largest absolute Gasteiger partial charge is 0.469 e. The molecule has 18 heavy (non-hydrogen) atoms. The molecule has 0 heterocycles. The minimum atomic E-state index is -3.13. The highest BCUT2D eigenvalue weighted by Gasteiger charge is 2.14. The summed E-state index contributed by atoms with van der Waals surface area (Å²) >= 11 is 0. The van der Waals surface area contributed by atoms with Crippen LogP contribution >= 0.6 is 0 Å². The van der Waals surface area contributed by atoms with Crippen LogP contribution in [0.3, 0.4) is 0 Å². The fraction of sp³-hybridized carbons (Fsp3) is 0.917. The second-order valence-electron chi connectivity index (χ2n) is 4.48. The molecule has 5 nitrogen and oxygen atoms in total. The van der Waals surface area contributed by atoms with Gasteiger partial charge < -0.3 is 10.1 Å². The van der Waals surface area contributed by atoms with Crippen LogP contribution in [0.2, 0.25) is 0 Å². The first kappa shape index (κ1) is 17.4. The monoisotopic (exact) mass is 279 g/mol. The van der Waals surface area contributed by atoms with Crippen molar-refractivity contribution in [2.45, 2.75) is 45.6 Å². The molecule has 0 aliphatic heterocycles. The summed E-state index contributed by atoms with van der Waals surface area (Å²) < 4.78 is 27.7. The second kappa shape index (κ2) is 9.33. The van der Waals surface area contributed by atoms with Gasteiger partial charge in [0.2, 0.25) is 0 Å². The Morgan fingerprint density at radius 1 is 1.33 bits per heavy atom. The maximum absolute atomic E-state index is 11.6. The van der Waals surface area contributed by atoms with E-state index in [4.69, 9.17) is 0 Å². The molecule has 0 aliphatic carbocycles. The van der Waals surface area contributed by atoms with Crippen LogP contribution in [0.5, 0.6) is 0 Å². The van der Waals surface area contributed by atoms with Crippen molar-refractivity contribution in [1.29, 1.82) is 0 Å². The molecule has 1 unspecified atom stereocenters. The Kier molecular flexibility index (Phi) is 9.01. The van der Waals surface area contributed by atoms with E-state index in [1.807, 2.05) is 0 Å². The number of carbonyl (C=O) groups is 1. The molecule has 0 saturated carbocycles. The summed E-state index contributed by atoms with van der Waals surface area (Å²) in [5.41, 5.74) is 0. The van der Waals surface area contributed by atoms with Crippen molar-refractivity contribution in [3.63, 3.8) is 0 Å². The summed E-state index contributed by atoms with van der Waals surface area (Å²) in [6, 6.07) is 0.334. The molecule has 6 heteroatoms. The molecule has 108 valence electrons. The van der Waals surface area contributed by atoms with Crippen LogP contribution in [0.4, 0.5) is 0 Å². The maximum atomic E-state index is 11.6. The fourth-order valence-corrected chi connectivity index (χ4v) is 2.83. The number of carbonyl (C=O) groups excluding carboxylic acids is 1. The van der Waals surface area contributed by atoms with Gasteiger partial charge in [0.15, 0.2) is 9.84 Å². The van der Waals surface area contributed by atoms with Gasteiger partial charge in [-0.05, 0) is 32.7 Å². The highest BCUT2D eigenvalue weighted by Crippen LogP contribution is 2.03. The predicted octanol–water partition coefficient (Wildman–Crippen LogP) is 1.13. The molecule has 0 fully saturated rings. The summed E-state index contributed by atoms with van der Waals surface area (Å²) in [6.07, 6.45) is 2.48. The van der Waals surface area contributed by atoms with Crippen LogP contribution in [0, 0.1) is 0 Å². The van der Waals surface area contributed by atoms with E-state index in [1.165, 1.54) is 7.11 Å². The molecule has 0 spiro atoms. The van der Waals surface area contributed by atoms with Crippen LogP contribution in [-0.2, 0) is 19.4 Å². The Morgan fingerprint density at radius 3 is 2.56 bits per heavy atom. The van der Waals surface area contributed by atoms with Crippen LogP contribution in [-0.4, -0.2) is 45.6 Å². The van der Waals surface area contributed by atoms with Gasteiger partial charge in [-0.3, -0.25) is 4.79 Å². The lowest BCUT2D eigenvalue weighted by atomic mass is 10.2. The average Bonchev–Trinajstić information content (AvgIpc) is 2.33. The standard InChI is InChI=1S/C12H25NO4S/c1-4-8-13-11(2)6-5-9-18(15,16)10-7-12(14)17-3/h11,13H,4-10H2,1-3H3. The Morgan fingerprint density at radius 2 is 2.00 bits per heavy atom. The van der Waals surface area contributed by atoms with Crippen LogP contribution in [0.15, 0.2) is 0 Å². The number of ether oxygens (including phenoxy) is 1. The summed E-state index contributed by atoms with van der Waals surface area (Å²) in [4.78, 5) is 10.9. The van der Waals surface area contributed by atoms with Gasteiger partial charge >= 0.3 is 5.97 Å². The lowest BCUT2D eigenvalue weighted by Crippen LogP contribution is -2.27. The van der Waals surface area contributed by atoms with Crippen molar-refractivity contribution in [3.05, 3.63) is 0 Å². The molecule has 0 bridgehead atoms. The molecular weight excluding hydrogens is 254 g/mol. The zero-order chi connectivity index (χ0) is 14.0. The number of rotatable bonds is 10. The summed E-state index contributed by atoms with van der Waals surface area (Å²) in [5.74, 6) is -0.449. The van der Waals surface area contributed by atoms with E-state index in [1.54, 1.807) is 0 Å². The van der Waals surface area contributed by atoms with Gasteiger partial charge in [-0.15, -0.1) is 0 Å². The Hall–Kier alpha value is -0.620. The van der Waals surface area contributed by atoms with Gasteiger partial charge in [0, 0.05) is 6.04 Å². The Bertz CT molecular complexity index is 327. The summed E-state index contributed by atoms with van der Waals surface area (Å²) in [7, 11) is -1.87. The molecular formula is C12H25NO4S. The third-order valence-electron chi connectivity index (χ3n) is 2.68. The normalized spacial score (nSPS) is 13.3. The SMILES string of the molecule is CCCNC(C)CCCS(=O)(=O)CCC(=O)OC. The van der Waals surface area contributed by atoms with E-state index >= 15 is 0 Å². The van der Waals surface area contributed by atoms with Crippen molar-refractivity contribution in [2.24, 2.45) is 0 Å². The zero-order valence-corrected chi connectivity index (χ0v) is 12.4. The molecule has 0 aromatic rings. The quantitative estimate of drug-likeness (QED) is 0.607. The van der Waals surface area contributed by atoms with Crippen molar-refractivity contribution in [2.75, 3.05) is 25.2 Å². The van der Waals surface area contributed by atoms with E-state index in [-0.39, 0.29) is 17.9 Å². The average molecular weight is 279 g/mol. The molecule has 0 aliphatic rings. The van der Waals surface area contributed by atoms with Crippen molar-refractivity contribution >= 4 is 15.8 Å². The van der Waals surface area contributed by atoms with E-state index < -0.39 is 15.8 Å². The van der Waals surface area contributed by atoms with Gasteiger partial charge in [0.05, 0.1) is 25.0 Å². The van der Waals surface area contributed by atoms with Crippen molar-refractivity contribution in [1.82, 2.24) is 5.32 Å². The van der Waals surface area contributed by atoms with Gasteiger partial charge in [0.1, 0.15) is 0 Å². The highest BCUT2D eigenvalue weighted by atomic mass is 32.2. The first-order valence-corrected chi connectivity index (χ1v) is 8.24. The van der Waals surface area contributed by atoms with Crippen molar-refractivity contribution in [3.8, 4) is 0 Å². The van der Waals surface area contributed by atoms with Crippen molar-refractivity contribution < 1.29 is 17.9 Å². The molecule has 0 amide bonds. The molecule has 0 aromatic heterocycles. The van der Waals surface area contributed by atoms with Crippen LogP contribution < -0.4 is 5.32 Å². The molecule has 0 aromatic carbocycles. The molecule has 0 rings (SSSR count). The highest BCUT2D eigenvalue weighted by molar-refractivity contribution is 7.91. The number of esters is 1. The first-order chi connectivity index (χ1) is 8.41. The summed E-state index contributed by atoms with van der Waals surface area (Å²) in [5, 5.41) is 3.31. The van der Waals surface area contributed by atoms with Gasteiger partial charge in [-0.25, -0.2) is 8.42 Å². The molecule has 0 saturated heterocycles. The van der Waals surface area contributed by atoms with Crippen LogP contribution in [0.25, 0.3) is 0 Å². The second-order valence-corrected chi connectivity index (χ2v) is 6.78. The smallest absolute Gasteiger partial charge is 0.306 e. The minimum Gasteiger partial charge on any atom is -0.469 e. The van der Waals surface area contributed by atoms with Gasteiger partial charge in [0.25, 0.3) is 0 Å². The van der Waals surface area contributed by atoms with E-state index in [0.717, 1.165) is 19.4 Å².